The molecule has 0 amide bonds. The van der Waals surface area contributed by atoms with Crippen molar-refractivity contribution in [2.45, 2.75) is 33.2 Å². The second kappa shape index (κ2) is 6.29. The van der Waals surface area contributed by atoms with E-state index in [1.165, 1.54) is 5.56 Å². The first kappa shape index (κ1) is 14.9. The van der Waals surface area contributed by atoms with Gasteiger partial charge in [-0.05, 0) is 56.5 Å². The second-order valence-electron chi connectivity index (χ2n) is 5.30. The molecule has 0 spiro atoms. The van der Waals surface area contributed by atoms with E-state index in [-0.39, 0.29) is 6.04 Å². The van der Waals surface area contributed by atoms with Gasteiger partial charge in [-0.2, -0.15) is 0 Å². The summed E-state index contributed by atoms with van der Waals surface area (Å²) in [5.74, 6) is 1.63. The zero-order valence-electron chi connectivity index (χ0n) is 12.1. The van der Waals surface area contributed by atoms with Crippen LogP contribution in [0.2, 0.25) is 5.02 Å². The molecule has 2 aromatic rings. The monoisotopic (exact) mass is 289 g/mol. The van der Waals surface area contributed by atoms with Crippen LogP contribution in [0.4, 0.5) is 0 Å². The molecule has 0 aliphatic carbocycles. The molecule has 1 atom stereocenters. The fourth-order valence-electron chi connectivity index (χ4n) is 2.17. The van der Waals surface area contributed by atoms with Crippen LogP contribution in [0.25, 0.3) is 0 Å². The summed E-state index contributed by atoms with van der Waals surface area (Å²) in [5.41, 5.74) is 9.29. The number of benzene rings is 2. The lowest BCUT2D eigenvalue weighted by Gasteiger charge is -2.15. The molecule has 20 heavy (non-hydrogen) atoms. The number of aryl methyl sites for hydroxylation is 2. The molecule has 0 heterocycles. The van der Waals surface area contributed by atoms with E-state index in [4.69, 9.17) is 22.1 Å². The van der Waals surface area contributed by atoms with E-state index in [2.05, 4.69) is 13.0 Å². The van der Waals surface area contributed by atoms with Gasteiger partial charge in [0.25, 0.3) is 0 Å². The molecule has 2 rings (SSSR count). The van der Waals surface area contributed by atoms with Crippen LogP contribution in [0.1, 0.15) is 23.6 Å². The average molecular weight is 290 g/mol. The van der Waals surface area contributed by atoms with Gasteiger partial charge in [0.05, 0.1) is 0 Å². The largest absolute Gasteiger partial charge is 0.457 e. The summed E-state index contributed by atoms with van der Waals surface area (Å²) in [6.07, 6.45) is 0.761. The van der Waals surface area contributed by atoms with Crippen molar-refractivity contribution in [1.29, 1.82) is 0 Å². The smallest absolute Gasteiger partial charge is 0.132 e. The standard InChI is InChI=1S/C17H20ClNO/c1-11-4-7-16(12(2)8-11)20-17-10-15(18)6-5-14(17)9-13(3)19/h4-8,10,13H,9,19H2,1-3H3. The predicted octanol–water partition coefficient (Wildman–Crippen LogP) is 4.64. The van der Waals surface area contributed by atoms with Gasteiger partial charge in [-0.25, -0.2) is 0 Å². The molecule has 0 fully saturated rings. The Morgan fingerprint density at radius 2 is 1.85 bits per heavy atom. The highest BCUT2D eigenvalue weighted by molar-refractivity contribution is 6.30. The Morgan fingerprint density at radius 1 is 1.10 bits per heavy atom. The molecule has 2 N–H and O–H groups in total. The van der Waals surface area contributed by atoms with E-state index in [1.54, 1.807) is 0 Å². The van der Waals surface area contributed by atoms with Crippen LogP contribution in [-0.2, 0) is 6.42 Å². The molecule has 0 saturated heterocycles. The minimum atomic E-state index is 0.0811. The molecule has 0 bridgehead atoms. The minimum Gasteiger partial charge on any atom is -0.457 e. The fourth-order valence-corrected chi connectivity index (χ4v) is 2.33. The van der Waals surface area contributed by atoms with Crippen molar-refractivity contribution in [3.05, 3.63) is 58.1 Å². The molecule has 0 aromatic heterocycles. The summed E-state index contributed by atoms with van der Waals surface area (Å²) < 4.78 is 6.04. The summed E-state index contributed by atoms with van der Waals surface area (Å²) in [5, 5.41) is 0.665. The highest BCUT2D eigenvalue weighted by Gasteiger charge is 2.09. The Kier molecular flexibility index (Phi) is 4.69. The third-order valence-electron chi connectivity index (χ3n) is 3.12. The van der Waals surface area contributed by atoms with Crippen LogP contribution in [-0.4, -0.2) is 6.04 Å². The van der Waals surface area contributed by atoms with Crippen molar-refractivity contribution in [2.75, 3.05) is 0 Å². The summed E-state index contributed by atoms with van der Waals surface area (Å²) in [7, 11) is 0. The maximum atomic E-state index is 6.07. The van der Waals surface area contributed by atoms with Crippen molar-refractivity contribution < 1.29 is 4.74 Å². The Balaban J connectivity index is 2.34. The summed E-state index contributed by atoms with van der Waals surface area (Å²) in [6.45, 7) is 6.09. The highest BCUT2D eigenvalue weighted by atomic mass is 35.5. The third kappa shape index (κ3) is 3.75. The molecule has 2 nitrogen and oxygen atoms in total. The van der Waals surface area contributed by atoms with Gasteiger partial charge in [0.2, 0.25) is 0 Å². The number of hydrogen-bond acceptors (Lipinski definition) is 2. The number of halogens is 1. The van der Waals surface area contributed by atoms with Gasteiger partial charge in [-0.3, -0.25) is 0 Å². The Hall–Kier alpha value is -1.51. The first-order valence-corrected chi connectivity index (χ1v) is 7.12. The Labute approximate surface area is 125 Å². The second-order valence-corrected chi connectivity index (χ2v) is 5.74. The van der Waals surface area contributed by atoms with E-state index >= 15 is 0 Å². The van der Waals surface area contributed by atoms with Crippen molar-refractivity contribution in [1.82, 2.24) is 0 Å². The van der Waals surface area contributed by atoms with Crippen LogP contribution >= 0.6 is 11.6 Å². The summed E-state index contributed by atoms with van der Waals surface area (Å²) in [6, 6.07) is 11.9. The van der Waals surface area contributed by atoms with E-state index in [9.17, 15) is 0 Å². The van der Waals surface area contributed by atoms with Gasteiger partial charge in [0.1, 0.15) is 11.5 Å². The lowest BCUT2D eigenvalue weighted by molar-refractivity contribution is 0.470. The predicted molar refractivity (Wildman–Crippen MR) is 84.8 cm³/mol. The third-order valence-corrected chi connectivity index (χ3v) is 3.36. The van der Waals surface area contributed by atoms with E-state index < -0.39 is 0 Å². The van der Waals surface area contributed by atoms with Gasteiger partial charge in [-0.15, -0.1) is 0 Å². The van der Waals surface area contributed by atoms with E-state index in [0.29, 0.717) is 5.02 Å². The molecule has 0 radical (unpaired) electrons. The number of ether oxygens (including phenoxy) is 1. The molecule has 3 heteroatoms. The van der Waals surface area contributed by atoms with Crippen molar-refractivity contribution in [3.63, 3.8) is 0 Å². The highest BCUT2D eigenvalue weighted by Crippen LogP contribution is 2.31. The summed E-state index contributed by atoms with van der Waals surface area (Å²) in [4.78, 5) is 0. The van der Waals surface area contributed by atoms with Gasteiger partial charge in [0.15, 0.2) is 0 Å². The van der Waals surface area contributed by atoms with Crippen LogP contribution in [0.15, 0.2) is 36.4 Å². The molecular formula is C17H20ClNO. The first-order valence-electron chi connectivity index (χ1n) is 6.75. The SMILES string of the molecule is Cc1ccc(Oc2cc(Cl)ccc2CC(C)N)c(C)c1. The lowest BCUT2D eigenvalue weighted by Crippen LogP contribution is -2.18. The van der Waals surface area contributed by atoms with Crippen LogP contribution in [0.3, 0.4) is 0 Å². The number of hydrogen-bond donors (Lipinski definition) is 1. The Bertz CT molecular complexity index is 608. The maximum absolute atomic E-state index is 6.07. The summed E-state index contributed by atoms with van der Waals surface area (Å²) >= 11 is 6.07. The maximum Gasteiger partial charge on any atom is 0.132 e. The van der Waals surface area contributed by atoms with Gasteiger partial charge in [0, 0.05) is 11.1 Å². The number of rotatable bonds is 4. The fraction of sp³-hybridized carbons (Fsp3) is 0.294. The van der Waals surface area contributed by atoms with Gasteiger partial charge < -0.3 is 10.5 Å². The average Bonchev–Trinajstić information content (AvgIpc) is 2.35. The van der Waals surface area contributed by atoms with Crippen LogP contribution in [0.5, 0.6) is 11.5 Å². The van der Waals surface area contributed by atoms with E-state index in [1.807, 2.05) is 44.2 Å². The minimum absolute atomic E-state index is 0.0811. The van der Waals surface area contributed by atoms with Gasteiger partial charge in [-0.1, -0.05) is 35.4 Å². The van der Waals surface area contributed by atoms with Crippen LogP contribution in [0, 0.1) is 13.8 Å². The van der Waals surface area contributed by atoms with Crippen LogP contribution < -0.4 is 10.5 Å². The molecule has 106 valence electrons. The topological polar surface area (TPSA) is 35.2 Å². The first-order chi connectivity index (χ1) is 9.45. The molecule has 0 saturated carbocycles. The Morgan fingerprint density at radius 3 is 2.50 bits per heavy atom. The van der Waals surface area contributed by atoms with Gasteiger partial charge >= 0.3 is 0 Å². The normalized spacial score (nSPS) is 12.2. The zero-order chi connectivity index (χ0) is 14.7. The lowest BCUT2D eigenvalue weighted by atomic mass is 10.1. The zero-order valence-corrected chi connectivity index (χ0v) is 12.9. The molecule has 0 aliphatic heterocycles. The molecule has 1 unspecified atom stereocenters. The van der Waals surface area contributed by atoms with E-state index in [0.717, 1.165) is 29.0 Å². The van der Waals surface area contributed by atoms with Crippen molar-refractivity contribution in [2.24, 2.45) is 5.73 Å². The number of nitrogens with two attached hydrogens (primary N) is 1. The molecular weight excluding hydrogens is 270 g/mol. The molecule has 2 aromatic carbocycles. The molecule has 0 aliphatic rings. The van der Waals surface area contributed by atoms with Crippen molar-refractivity contribution >= 4 is 11.6 Å². The van der Waals surface area contributed by atoms with Crippen molar-refractivity contribution in [3.8, 4) is 11.5 Å². The quantitative estimate of drug-likeness (QED) is 0.890.